The maximum Gasteiger partial charge on any atom is 0.380 e. The lowest BCUT2D eigenvalue weighted by molar-refractivity contribution is 0.486. The highest BCUT2D eigenvalue weighted by molar-refractivity contribution is 9.10. The van der Waals surface area contributed by atoms with Gasteiger partial charge < -0.3 is 4.18 Å². The summed E-state index contributed by atoms with van der Waals surface area (Å²) < 4.78 is 26.2. The van der Waals surface area contributed by atoms with E-state index in [0.717, 1.165) is 5.56 Å². The molecule has 0 aromatic heterocycles. The Morgan fingerprint density at radius 1 is 1.46 bits per heavy atom. The van der Waals surface area contributed by atoms with Crippen LogP contribution in [0.3, 0.4) is 0 Å². The summed E-state index contributed by atoms with van der Waals surface area (Å²) in [6, 6.07) is 5.00. The second-order valence-corrected chi connectivity index (χ2v) is 4.52. The minimum atomic E-state index is -3.94. The minimum absolute atomic E-state index is 0.188. The van der Waals surface area contributed by atoms with Crippen molar-refractivity contribution in [1.29, 1.82) is 0 Å². The molecule has 72 valence electrons. The quantitative estimate of drug-likeness (QED) is 0.878. The summed E-state index contributed by atoms with van der Waals surface area (Å²) in [4.78, 5) is 0. The molecular weight excluding hydrogens is 258 g/mol. The molecule has 0 heterocycles. The number of rotatable bonds is 2. The monoisotopic (exact) mass is 265 g/mol. The molecule has 13 heavy (non-hydrogen) atoms. The maximum atomic E-state index is 10.6. The van der Waals surface area contributed by atoms with E-state index >= 15 is 0 Å². The predicted molar refractivity (Wildman–Crippen MR) is 52.6 cm³/mol. The van der Waals surface area contributed by atoms with E-state index in [2.05, 4.69) is 20.1 Å². The third-order valence-electron chi connectivity index (χ3n) is 1.29. The van der Waals surface area contributed by atoms with E-state index in [0.29, 0.717) is 4.47 Å². The number of aryl methyl sites for hydroxylation is 1. The van der Waals surface area contributed by atoms with Gasteiger partial charge in [0.15, 0.2) is 5.75 Å². The fraction of sp³-hybridized carbons (Fsp3) is 0.143. The standard InChI is InChI=1S/C7H8BrNO3S/c1-5-2-3-7(6(8)4-5)12-13(9,10)11/h2-4H,1H3,(H2,9,10,11). The molecule has 0 atom stereocenters. The Morgan fingerprint density at radius 2 is 2.08 bits per heavy atom. The molecule has 0 amide bonds. The first-order valence-corrected chi connectivity index (χ1v) is 5.63. The largest absolute Gasteiger partial charge is 0.380 e. The normalized spacial score (nSPS) is 11.3. The van der Waals surface area contributed by atoms with E-state index in [4.69, 9.17) is 5.14 Å². The Kier molecular flexibility index (Phi) is 2.94. The van der Waals surface area contributed by atoms with Gasteiger partial charge in [-0.1, -0.05) is 6.07 Å². The summed E-state index contributed by atoms with van der Waals surface area (Å²) in [5.41, 5.74) is 0.994. The van der Waals surface area contributed by atoms with Crippen LogP contribution in [0.5, 0.6) is 5.75 Å². The van der Waals surface area contributed by atoms with Crippen molar-refractivity contribution in [3.63, 3.8) is 0 Å². The zero-order chi connectivity index (χ0) is 10.1. The van der Waals surface area contributed by atoms with E-state index in [1.54, 1.807) is 12.1 Å². The van der Waals surface area contributed by atoms with Crippen LogP contribution in [0.25, 0.3) is 0 Å². The summed E-state index contributed by atoms with van der Waals surface area (Å²) >= 11 is 3.15. The van der Waals surface area contributed by atoms with Crippen molar-refractivity contribution in [1.82, 2.24) is 0 Å². The Balaban J connectivity index is 3.04. The Hall–Kier alpha value is -0.590. The van der Waals surface area contributed by atoms with E-state index in [9.17, 15) is 8.42 Å². The highest BCUT2D eigenvalue weighted by Crippen LogP contribution is 2.26. The zero-order valence-corrected chi connectivity index (χ0v) is 9.22. The topological polar surface area (TPSA) is 69.4 Å². The van der Waals surface area contributed by atoms with Gasteiger partial charge in [-0.05, 0) is 40.5 Å². The van der Waals surface area contributed by atoms with Gasteiger partial charge in [0.25, 0.3) is 0 Å². The van der Waals surface area contributed by atoms with Crippen molar-refractivity contribution in [2.24, 2.45) is 5.14 Å². The van der Waals surface area contributed by atoms with Crippen LogP contribution in [0, 0.1) is 6.92 Å². The lowest BCUT2D eigenvalue weighted by atomic mass is 10.2. The van der Waals surface area contributed by atoms with Crippen LogP contribution in [0.1, 0.15) is 5.56 Å². The van der Waals surface area contributed by atoms with E-state index in [1.807, 2.05) is 6.92 Å². The van der Waals surface area contributed by atoms with E-state index in [-0.39, 0.29) is 5.75 Å². The molecule has 0 unspecified atom stereocenters. The number of hydrogen-bond donors (Lipinski definition) is 1. The molecule has 0 radical (unpaired) electrons. The fourth-order valence-corrected chi connectivity index (χ4v) is 1.88. The van der Waals surface area contributed by atoms with Gasteiger partial charge in [0, 0.05) is 0 Å². The van der Waals surface area contributed by atoms with Crippen molar-refractivity contribution in [2.75, 3.05) is 0 Å². The van der Waals surface area contributed by atoms with Gasteiger partial charge in [-0.15, -0.1) is 0 Å². The van der Waals surface area contributed by atoms with E-state index < -0.39 is 10.3 Å². The number of benzene rings is 1. The maximum absolute atomic E-state index is 10.6. The molecule has 0 saturated carbocycles. The number of halogens is 1. The third kappa shape index (κ3) is 3.33. The molecule has 4 nitrogen and oxygen atoms in total. The lowest BCUT2D eigenvalue weighted by Gasteiger charge is -2.04. The first-order valence-electron chi connectivity index (χ1n) is 3.37. The number of nitrogens with two attached hydrogens (primary N) is 1. The van der Waals surface area contributed by atoms with Crippen LogP contribution in [0.2, 0.25) is 0 Å². The van der Waals surface area contributed by atoms with Crippen molar-refractivity contribution in [2.45, 2.75) is 6.92 Å². The average Bonchev–Trinajstić information content (AvgIpc) is 1.93. The van der Waals surface area contributed by atoms with Gasteiger partial charge in [-0.2, -0.15) is 13.6 Å². The molecule has 1 aromatic carbocycles. The molecule has 0 saturated heterocycles. The van der Waals surface area contributed by atoms with Gasteiger partial charge >= 0.3 is 10.3 Å². The smallest absolute Gasteiger partial charge is 0.370 e. The molecule has 1 rings (SSSR count). The molecule has 0 aliphatic heterocycles. The van der Waals surface area contributed by atoms with Crippen LogP contribution < -0.4 is 9.32 Å². The van der Waals surface area contributed by atoms with Crippen molar-refractivity contribution in [3.05, 3.63) is 28.2 Å². The Morgan fingerprint density at radius 3 is 2.54 bits per heavy atom. The number of hydrogen-bond acceptors (Lipinski definition) is 3. The minimum Gasteiger partial charge on any atom is -0.370 e. The first-order chi connectivity index (χ1) is 5.88. The van der Waals surface area contributed by atoms with Crippen LogP contribution in [0.4, 0.5) is 0 Å². The van der Waals surface area contributed by atoms with Crippen LogP contribution >= 0.6 is 15.9 Å². The van der Waals surface area contributed by atoms with Crippen LogP contribution in [-0.2, 0) is 10.3 Å². The van der Waals surface area contributed by atoms with Gasteiger partial charge in [0.05, 0.1) is 4.47 Å². The molecule has 0 spiro atoms. The van der Waals surface area contributed by atoms with Crippen molar-refractivity contribution in [3.8, 4) is 5.75 Å². The predicted octanol–water partition coefficient (Wildman–Crippen LogP) is 1.34. The summed E-state index contributed by atoms with van der Waals surface area (Å²) in [6.07, 6.45) is 0. The third-order valence-corrected chi connectivity index (χ3v) is 2.32. The Bertz CT molecular complexity index is 416. The average molecular weight is 266 g/mol. The van der Waals surface area contributed by atoms with Gasteiger partial charge in [0.2, 0.25) is 0 Å². The molecule has 0 bridgehead atoms. The van der Waals surface area contributed by atoms with Gasteiger partial charge in [-0.25, -0.2) is 0 Å². The second-order valence-electron chi connectivity index (χ2n) is 2.51. The highest BCUT2D eigenvalue weighted by Gasteiger charge is 2.08. The van der Waals surface area contributed by atoms with Crippen LogP contribution in [-0.4, -0.2) is 8.42 Å². The molecule has 0 fully saturated rings. The molecule has 1 aromatic rings. The molecular formula is C7H8BrNO3S. The summed E-state index contributed by atoms with van der Waals surface area (Å²) in [5, 5.41) is 4.70. The molecule has 6 heteroatoms. The van der Waals surface area contributed by atoms with Crippen LogP contribution in [0.15, 0.2) is 22.7 Å². The fourth-order valence-electron chi connectivity index (χ4n) is 0.799. The summed E-state index contributed by atoms with van der Waals surface area (Å²) in [6.45, 7) is 1.88. The molecule has 2 N–H and O–H groups in total. The first kappa shape index (κ1) is 10.5. The van der Waals surface area contributed by atoms with Crippen molar-refractivity contribution >= 4 is 26.2 Å². The highest BCUT2D eigenvalue weighted by atomic mass is 79.9. The van der Waals surface area contributed by atoms with Gasteiger partial charge in [0.1, 0.15) is 0 Å². The van der Waals surface area contributed by atoms with Gasteiger partial charge in [-0.3, -0.25) is 0 Å². The summed E-state index contributed by atoms with van der Waals surface area (Å²) in [7, 11) is -3.94. The molecule has 0 aliphatic carbocycles. The zero-order valence-electron chi connectivity index (χ0n) is 6.82. The summed E-state index contributed by atoms with van der Waals surface area (Å²) in [5.74, 6) is 0.188. The van der Waals surface area contributed by atoms with E-state index in [1.165, 1.54) is 6.07 Å². The molecule has 0 aliphatic rings. The van der Waals surface area contributed by atoms with Crippen molar-refractivity contribution < 1.29 is 12.6 Å². The Labute approximate surface area is 85.1 Å². The lowest BCUT2D eigenvalue weighted by Crippen LogP contribution is -2.19. The SMILES string of the molecule is Cc1ccc(OS(N)(=O)=O)c(Br)c1. The second kappa shape index (κ2) is 3.65.